The maximum atomic E-state index is 10.1. The first-order valence-corrected chi connectivity index (χ1v) is 3.53. The molecule has 0 radical (unpaired) electrons. The number of aliphatic carboxylic acids is 2. The quantitative estimate of drug-likeness (QED) is 0.627. The van der Waals surface area contributed by atoms with Crippen LogP contribution in [-0.2, 0) is 9.59 Å². The van der Waals surface area contributed by atoms with E-state index in [4.69, 9.17) is 10.2 Å². The molecular formula is C7H10O4. The van der Waals surface area contributed by atoms with Gasteiger partial charge in [-0.05, 0) is 18.3 Å². The molecule has 0 bridgehead atoms. The van der Waals surface area contributed by atoms with Crippen LogP contribution >= 0.6 is 0 Å². The van der Waals surface area contributed by atoms with Crippen molar-refractivity contribution in [2.75, 3.05) is 0 Å². The normalized spacial score (nSPS) is 28.0. The number of hydrogen-bond acceptors (Lipinski definition) is 2. The first-order chi connectivity index (χ1) is 5.09. The van der Waals surface area contributed by atoms with E-state index >= 15 is 0 Å². The molecule has 0 amide bonds. The van der Waals surface area contributed by atoms with Crippen molar-refractivity contribution in [3.8, 4) is 0 Å². The van der Waals surface area contributed by atoms with E-state index in [9.17, 15) is 9.59 Å². The Morgan fingerprint density at radius 3 is 1.73 bits per heavy atom. The summed E-state index contributed by atoms with van der Waals surface area (Å²) in [6.45, 7) is 0. The summed E-state index contributed by atoms with van der Waals surface area (Å²) in [5.41, 5.74) is 0. The smallest absolute Gasteiger partial charge is 0.303 e. The second-order valence-electron chi connectivity index (χ2n) is 2.95. The summed E-state index contributed by atoms with van der Waals surface area (Å²) in [7, 11) is 0. The molecule has 0 unspecified atom stereocenters. The fraction of sp³-hybridized carbons (Fsp3) is 0.714. The maximum Gasteiger partial charge on any atom is 0.303 e. The Morgan fingerprint density at radius 1 is 1.09 bits per heavy atom. The van der Waals surface area contributed by atoms with Crippen molar-refractivity contribution in [3.05, 3.63) is 0 Å². The number of carboxylic acids is 2. The van der Waals surface area contributed by atoms with E-state index in [0.29, 0.717) is 0 Å². The van der Waals surface area contributed by atoms with E-state index in [1.165, 1.54) is 0 Å². The van der Waals surface area contributed by atoms with Crippen LogP contribution in [0.1, 0.15) is 19.3 Å². The van der Waals surface area contributed by atoms with Crippen LogP contribution in [0.25, 0.3) is 0 Å². The Balaban J connectivity index is 2.16. The van der Waals surface area contributed by atoms with Crippen LogP contribution in [0.15, 0.2) is 0 Å². The summed E-state index contributed by atoms with van der Waals surface area (Å²) < 4.78 is 0. The van der Waals surface area contributed by atoms with E-state index < -0.39 is 11.9 Å². The van der Waals surface area contributed by atoms with Crippen LogP contribution < -0.4 is 0 Å². The highest BCUT2D eigenvalue weighted by Crippen LogP contribution is 2.43. The Hall–Kier alpha value is -1.06. The van der Waals surface area contributed by atoms with Crippen LogP contribution in [0.4, 0.5) is 0 Å². The molecule has 1 fully saturated rings. The number of carboxylic acid groups (broad SMARTS) is 2. The van der Waals surface area contributed by atoms with Gasteiger partial charge in [-0.3, -0.25) is 9.59 Å². The zero-order valence-electron chi connectivity index (χ0n) is 5.99. The Morgan fingerprint density at radius 2 is 1.45 bits per heavy atom. The standard InChI is InChI=1S/C7H10O4/c8-6(9)2-4-1-5(4)3-7(10)11/h4-5H,1-3H2,(H,8,9)(H,10,11)/t4-,5-/m0/s1. The molecule has 0 aromatic heterocycles. The molecule has 1 saturated carbocycles. The Kier molecular flexibility index (Phi) is 2.12. The highest BCUT2D eigenvalue weighted by molar-refractivity contribution is 5.69. The largest absolute Gasteiger partial charge is 0.481 e. The number of carbonyl (C=O) groups is 2. The fourth-order valence-corrected chi connectivity index (χ4v) is 1.26. The van der Waals surface area contributed by atoms with Gasteiger partial charge in [0.25, 0.3) is 0 Å². The van der Waals surface area contributed by atoms with Crippen molar-refractivity contribution < 1.29 is 19.8 Å². The fourth-order valence-electron chi connectivity index (χ4n) is 1.26. The molecule has 4 heteroatoms. The molecule has 2 atom stereocenters. The van der Waals surface area contributed by atoms with Gasteiger partial charge in [0, 0.05) is 12.8 Å². The van der Waals surface area contributed by atoms with Crippen molar-refractivity contribution in [2.45, 2.75) is 19.3 Å². The van der Waals surface area contributed by atoms with Crippen molar-refractivity contribution in [1.29, 1.82) is 0 Å². The van der Waals surface area contributed by atoms with Gasteiger partial charge in [-0.25, -0.2) is 0 Å². The monoisotopic (exact) mass is 158 g/mol. The number of hydrogen-bond donors (Lipinski definition) is 2. The lowest BCUT2D eigenvalue weighted by Crippen LogP contribution is -2.00. The third kappa shape index (κ3) is 2.57. The van der Waals surface area contributed by atoms with Crippen LogP contribution in [0.2, 0.25) is 0 Å². The maximum absolute atomic E-state index is 10.1. The molecule has 0 saturated heterocycles. The molecule has 4 nitrogen and oxygen atoms in total. The molecular weight excluding hydrogens is 148 g/mol. The zero-order chi connectivity index (χ0) is 8.43. The first kappa shape index (κ1) is 8.04. The van der Waals surface area contributed by atoms with Crippen molar-refractivity contribution in [3.63, 3.8) is 0 Å². The molecule has 1 aliphatic rings. The van der Waals surface area contributed by atoms with Crippen LogP contribution in [0, 0.1) is 11.8 Å². The molecule has 0 aromatic rings. The molecule has 0 aromatic carbocycles. The number of rotatable bonds is 4. The SMILES string of the molecule is O=C(O)C[C@@H]1C[C@H]1CC(=O)O. The molecule has 0 spiro atoms. The summed E-state index contributed by atoms with van der Waals surface area (Å²) >= 11 is 0. The Labute approximate surface area is 63.8 Å². The second kappa shape index (κ2) is 2.90. The predicted molar refractivity (Wildman–Crippen MR) is 36.1 cm³/mol. The highest BCUT2D eigenvalue weighted by Gasteiger charge is 2.39. The summed E-state index contributed by atoms with van der Waals surface area (Å²) in [6.07, 6.45) is 1.01. The molecule has 62 valence electrons. The lowest BCUT2D eigenvalue weighted by molar-refractivity contribution is -0.139. The topological polar surface area (TPSA) is 74.6 Å². The molecule has 1 aliphatic carbocycles. The van der Waals surface area contributed by atoms with Crippen LogP contribution in [0.3, 0.4) is 0 Å². The lowest BCUT2D eigenvalue weighted by atomic mass is 10.2. The van der Waals surface area contributed by atoms with E-state index in [1.807, 2.05) is 0 Å². The second-order valence-corrected chi connectivity index (χ2v) is 2.95. The molecule has 2 N–H and O–H groups in total. The average molecular weight is 158 g/mol. The molecule has 0 aliphatic heterocycles. The van der Waals surface area contributed by atoms with E-state index in [2.05, 4.69) is 0 Å². The minimum absolute atomic E-state index is 0.114. The summed E-state index contributed by atoms with van der Waals surface area (Å²) in [5.74, 6) is -1.43. The first-order valence-electron chi connectivity index (χ1n) is 3.53. The third-order valence-corrected chi connectivity index (χ3v) is 1.94. The summed E-state index contributed by atoms with van der Waals surface area (Å²) in [5, 5.41) is 16.7. The molecule has 11 heavy (non-hydrogen) atoms. The van der Waals surface area contributed by atoms with Crippen LogP contribution in [0.5, 0.6) is 0 Å². The van der Waals surface area contributed by atoms with Gasteiger partial charge in [0.05, 0.1) is 0 Å². The van der Waals surface area contributed by atoms with Gasteiger partial charge in [0.1, 0.15) is 0 Å². The summed E-state index contributed by atoms with van der Waals surface area (Å²) in [6, 6.07) is 0. The van der Waals surface area contributed by atoms with E-state index in [1.54, 1.807) is 0 Å². The van der Waals surface area contributed by atoms with E-state index in [-0.39, 0.29) is 24.7 Å². The van der Waals surface area contributed by atoms with Crippen LogP contribution in [-0.4, -0.2) is 22.2 Å². The van der Waals surface area contributed by atoms with Gasteiger partial charge in [0.15, 0.2) is 0 Å². The highest BCUT2D eigenvalue weighted by atomic mass is 16.4. The van der Waals surface area contributed by atoms with Gasteiger partial charge in [-0.15, -0.1) is 0 Å². The van der Waals surface area contributed by atoms with Gasteiger partial charge in [-0.2, -0.15) is 0 Å². The lowest BCUT2D eigenvalue weighted by Gasteiger charge is -1.91. The minimum Gasteiger partial charge on any atom is -0.481 e. The minimum atomic E-state index is -0.831. The summed E-state index contributed by atoms with van der Waals surface area (Å²) in [4.78, 5) is 20.3. The van der Waals surface area contributed by atoms with Crippen molar-refractivity contribution in [2.24, 2.45) is 11.8 Å². The van der Waals surface area contributed by atoms with Gasteiger partial charge >= 0.3 is 11.9 Å². The predicted octanol–water partition coefficient (Wildman–Crippen LogP) is 0.572. The van der Waals surface area contributed by atoms with Gasteiger partial charge in [0.2, 0.25) is 0 Å². The van der Waals surface area contributed by atoms with E-state index in [0.717, 1.165) is 6.42 Å². The molecule has 0 heterocycles. The zero-order valence-corrected chi connectivity index (χ0v) is 5.99. The molecule has 1 rings (SSSR count). The Bertz CT molecular complexity index is 167. The van der Waals surface area contributed by atoms with Gasteiger partial charge < -0.3 is 10.2 Å². The average Bonchev–Trinajstić information content (AvgIpc) is 2.43. The van der Waals surface area contributed by atoms with Crippen molar-refractivity contribution >= 4 is 11.9 Å². The van der Waals surface area contributed by atoms with Gasteiger partial charge in [-0.1, -0.05) is 0 Å². The van der Waals surface area contributed by atoms with Crippen molar-refractivity contribution in [1.82, 2.24) is 0 Å². The third-order valence-electron chi connectivity index (χ3n) is 1.94.